The number of aliphatic carboxylic acids is 1. The Morgan fingerprint density at radius 3 is 2.35 bits per heavy atom. The summed E-state index contributed by atoms with van der Waals surface area (Å²) in [7, 11) is 1.85. The van der Waals surface area contributed by atoms with Crippen molar-refractivity contribution in [3.63, 3.8) is 0 Å². The lowest BCUT2D eigenvalue weighted by Gasteiger charge is -2.14. The van der Waals surface area contributed by atoms with Gasteiger partial charge in [-0.2, -0.15) is 0 Å². The molecule has 1 aromatic heterocycles. The fourth-order valence-electron chi connectivity index (χ4n) is 3.90. The van der Waals surface area contributed by atoms with Crippen LogP contribution >= 0.6 is 0 Å². The van der Waals surface area contributed by atoms with E-state index < -0.39 is 24.1 Å². The highest BCUT2D eigenvalue weighted by molar-refractivity contribution is 5.84. The molecule has 1 heterocycles. The van der Waals surface area contributed by atoms with E-state index in [4.69, 9.17) is 9.47 Å². The Morgan fingerprint density at radius 2 is 1.65 bits per heavy atom. The first kappa shape index (κ1) is 25.5. The number of hydrogen-bond donors (Lipinski definition) is 2. The van der Waals surface area contributed by atoms with Crippen molar-refractivity contribution in [1.82, 2.24) is 9.55 Å². The van der Waals surface area contributed by atoms with Crippen molar-refractivity contribution < 1.29 is 24.2 Å². The maximum absolute atomic E-state index is 12.4. The highest BCUT2D eigenvalue weighted by atomic mass is 16.6. The maximum Gasteiger partial charge on any atom is 0.413 e. The molecule has 8 nitrogen and oxygen atoms in total. The van der Waals surface area contributed by atoms with Crippen molar-refractivity contribution in [3.8, 4) is 17.1 Å². The van der Waals surface area contributed by atoms with E-state index in [9.17, 15) is 14.7 Å². The van der Waals surface area contributed by atoms with Crippen LogP contribution in [0, 0.1) is 0 Å². The van der Waals surface area contributed by atoms with Crippen LogP contribution in [0.4, 0.5) is 10.6 Å². The van der Waals surface area contributed by atoms with Crippen LogP contribution in [0.5, 0.6) is 5.75 Å². The first-order valence-corrected chi connectivity index (χ1v) is 11.9. The highest BCUT2D eigenvalue weighted by Gasteiger charge is 2.18. The third kappa shape index (κ3) is 6.35. The minimum Gasteiger partial charge on any atom is -0.489 e. The predicted molar refractivity (Wildman–Crippen MR) is 140 cm³/mol. The second-order valence-corrected chi connectivity index (χ2v) is 8.73. The molecule has 8 heteroatoms. The first-order chi connectivity index (χ1) is 17.8. The van der Waals surface area contributed by atoms with Gasteiger partial charge in [-0.25, -0.2) is 9.78 Å². The van der Waals surface area contributed by atoms with Crippen LogP contribution in [0.1, 0.15) is 42.6 Å². The van der Waals surface area contributed by atoms with E-state index >= 15 is 0 Å². The van der Waals surface area contributed by atoms with Crippen molar-refractivity contribution in [1.29, 1.82) is 0 Å². The van der Waals surface area contributed by atoms with E-state index in [0.717, 1.165) is 16.7 Å². The van der Waals surface area contributed by atoms with E-state index in [1.807, 2.05) is 79.2 Å². The van der Waals surface area contributed by atoms with Crippen LogP contribution in [0.3, 0.4) is 0 Å². The van der Waals surface area contributed by atoms with E-state index in [0.29, 0.717) is 29.6 Å². The van der Waals surface area contributed by atoms with Gasteiger partial charge in [-0.15, -0.1) is 0 Å². The monoisotopic (exact) mass is 499 g/mol. The standard InChI is InChI=1S/C29H29N3O5/c1-19(28(33)34)24-11-7-8-12-25(24)36-18-21-13-15-23(16-14-21)27-30-26(17-32(27)3)31-29(35)37-20(2)22-9-5-4-6-10-22/h4-17,19-20H,18H2,1-3H3,(H,31,35)(H,33,34). The Labute approximate surface area is 215 Å². The van der Waals surface area contributed by atoms with Crippen LogP contribution in [0.15, 0.2) is 85.1 Å². The zero-order valence-electron chi connectivity index (χ0n) is 20.9. The van der Waals surface area contributed by atoms with E-state index in [-0.39, 0.29) is 0 Å². The average molecular weight is 500 g/mol. The molecule has 1 amide bonds. The summed E-state index contributed by atoms with van der Waals surface area (Å²) < 4.78 is 13.2. The molecule has 190 valence electrons. The average Bonchev–Trinajstić information content (AvgIpc) is 3.27. The number of aryl methyl sites for hydroxylation is 1. The van der Waals surface area contributed by atoms with Gasteiger partial charge in [0.05, 0.1) is 5.92 Å². The number of nitrogens with zero attached hydrogens (tertiary/aromatic N) is 2. The second kappa shape index (κ2) is 11.4. The molecule has 4 rings (SSSR count). The Bertz CT molecular complexity index is 1370. The van der Waals surface area contributed by atoms with Gasteiger partial charge in [0.25, 0.3) is 0 Å². The fraction of sp³-hybridized carbons (Fsp3) is 0.207. The molecule has 4 aromatic rings. The second-order valence-electron chi connectivity index (χ2n) is 8.73. The Kier molecular flexibility index (Phi) is 7.88. The zero-order valence-corrected chi connectivity index (χ0v) is 20.9. The van der Waals surface area contributed by atoms with Crippen molar-refractivity contribution in [2.45, 2.75) is 32.5 Å². The normalized spacial score (nSPS) is 12.4. The number of carbonyl (C=O) groups is 2. The van der Waals surface area contributed by atoms with Gasteiger partial charge < -0.3 is 19.1 Å². The van der Waals surface area contributed by atoms with Crippen molar-refractivity contribution in [2.24, 2.45) is 7.05 Å². The van der Waals surface area contributed by atoms with Crippen LogP contribution in [-0.4, -0.2) is 26.7 Å². The van der Waals surface area contributed by atoms with Crippen molar-refractivity contribution in [2.75, 3.05) is 5.32 Å². The van der Waals surface area contributed by atoms with E-state index in [1.54, 1.807) is 31.3 Å². The van der Waals surface area contributed by atoms with Crippen LogP contribution in [0.2, 0.25) is 0 Å². The molecule has 2 atom stereocenters. The third-order valence-corrected chi connectivity index (χ3v) is 6.02. The SMILES string of the molecule is CC(OC(=O)Nc1cn(C)c(-c2ccc(COc3ccccc3C(C)C(=O)O)cc2)n1)c1ccccc1. The highest BCUT2D eigenvalue weighted by Crippen LogP contribution is 2.28. The number of anilines is 1. The Morgan fingerprint density at radius 1 is 0.973 bits per heavy atom. The zero-order chi connectivity index (χ0) is 26.4. The fourth-order valence-corrected chi connectivity index (χ4v) is 3.90. The molecule has 0 fully saturated rings. The van der Waals surface area contributed by atoms with Gasteiger partial charge in [-0.1, -0.05) is 72.8 Å². The number of amides is 1. The minimum absolute atomic E-state index is 0.294. The number of imidazole rings is 1. The molecule has 2 N–H and O–H groups in total. The molecule has 37 heavy (non-hydrogen) atoms. The van der Waals surface area contributed by atoms with Crippen LogP contribution in [0.25, 0.3) is 11.4 Å². The van der Waals surface area contributed by atoms with Crippen molar-refractivity contribution in [3.05, 3.63) is 102 Å². The number of ether oxygens (including phenoxy) is 2. The summed E-state index contributed by atoms with van der Waals surface area (Å²) >= 11 is 0. The summed E-state index contributed by atoms with van der Waals surface area (Å²) in [5, 5.41) is 12.0. The summed E-state index contributed by atoms with van der Waals surface area (Å²) in [5.74, 6) is 0.0560. The number of carboxylic acids is 1. The summed E-state index contributed by atoms with van der Waals surface area (Å²) in [4.78, 5) is 28.3. The Hall–Kier alpha value is -4.59. The molecule has 0 aliphatic carbocycles. The van der Waals surface area contributed by atoms with Gasteiger partial charge in [-0.3, -0.25) is 10.1 Å². The van der Waals surface area contributed by atoms with Gasteiger partial charge in [0.1, 0.15) is 24.3 Å². The lowest BCUT2D eigenvalue weighted by molar-refractivity contribution is -0.138. The van der Waals surface area contributed by atoms with Gasteiger partial charge in [0, 0.05) is 24.4 Å². The predicted octanol–water partition coefficient (Wildman–Crippen LogP) is 6.16. The van der Waals surface area contributed by atoms with Gasteiger partial charge in [0.15, 0.2) is 5.82 Å². The van der Waals surface area contributed by atoms with Crippen LogP contribution < -0.4 is 10.1 Å². The number of carbonyl (C=O) groups excluding carboxylic acids is 1. The minimum atomic E-state index is -0.900. The summed E-state index contributed by atoms with van der Waals surface area (Å²) in [5.41, 5.74) is 3.33. The van der Waals surface area contributed by atoms with Gasteiger partial charge in [-0.05, 0) is 31.0 Å². The van der Waals surface area contributed by atoms with E-state index in [2.05, 4.69) is 10.3 Å². The number of aromatic nitrogens is 2. The molecule has 0 aliphatic heterocycles. The lowest BCUT2D eigenvalue weighted by Crippen LogP contribution is -2.16. The quantitative estimate of drug-likeness (QED) is 0.286. The third-order valence-electron chi connectivity index (χ3n) is 6.02. The number of hydrogen-bond acceptors (Lipinski definition) is 5. The number of benzene rings is 3. The number of rotatable bonds is 9. The smallest absolute Gasteiger partial charge is 0.413 e. The first-order valence-electron chi connectivity index (χ1n) is 11.9. The molecular formula is C29H29N3O5. The molecule has 3 aromatic carbocycles. The summed E-state index contributed by atoms with van der Waals surface area (Å²) in [6, 6.07) is 24.4. The number of nitrogens with one attached hydrogen (secondary N) is 1. The molecule has 0 bridgehead atoms. The largest absolute Gasteiger partial charge is 0.489 e. The molecule has 0 saturated heterocycles. The van der Waals surface area contributed by atoms with Crippen LogP contribution in [-0.2, 0) is 23.2 Å². The van der Waals surface area contributed by atoms with Crippen molar-refractivity contribution >= 4 is 17.9 Å². The number of carboxylic acid groups (broad SMARTS) is 1. The topological polar surface area (TPSA) is 103 Å². The van der Waals surface area contributed by atoms with Gasteiger partial charge >= 0.3 is 12.1 Å². The lowest BCUT2D eigenvalue weighted by atomic mass is 10.0. The van der Waals surface area contributed by atoms with E-state index in [1.165, 1.54) is 0 Å². The Balaban J connectivity index is 1.38. The molecule has 0 saturated carbocycles. The summed E-state index contributed by atoms with van der Waals surface area (Å²) in [6.45, 7) is 3.75. The maximum atomic E-state index is 12.4. The molecule has 0 spiro atoms. The molecule has 0 aliphatic rings. The molecule has 0 radical (unpaired) electrons. The number of para-hydroxylation sites is 1. The molecule has 2 unspecified atom stereocenters. The van der Waals surface area contributed by atoms with Gasteiger partial charge in [0.2, 0.25) is 0 Å². The summed E-state index contributed by atoms with van der Waals surface area (Å²) in [6.07, 6.45) is 0.755. The molecular weight excluding hydrogens is 470 g/mol.